The van der Waals surface area contributed by atoms with Gasteiger partial charge in [0.1, 0.15) is 0 Å². The number of nitrogens with zero attached hydrogens (tertiary/aromatic N) is 2. The molecule has 0 aliphatic carbocycles. The summed E-state index contributed by atoms with van der Waals surface area (Å²) in [6.45, 7) is 5.91. The van der Waals surface area contributed by atoms with Gasteiger partial charge in [0.15, 0.2) is 0 Å². The van der Waals surface area contributed by atoms with E-state index in [2.05, 4.69) is 29.3 Å². The number of aryl methyl sites for hydroxylation is 1. The first-order valence-electron chi connectivity index (χ1n) is 8.78. The molecule has 7 nitrogen and oxygen atoms in total. The van der Waals surface area contributed by atoms with Gasteiger partial charge in [-0.2, -0.15) is 0 Å². The predicted molar refractivity (Wildman–Crippen MR) is 105 cm³/mol. The first-order valence-corrected chi connectivity index (χ1v) is 10.3. The van der Waals surface area contributed by atoms with Crippen LogP contribution in [0, 0.1) is 6.92 Å². The van der Waals surface area contributed by atoms with E-state index in [1.54, 1.807) is 4.90 Å². The number of anilines is 1. The van der Waals surface area contributed by atoms with Crippen molar-refractivity contribution in [2.24, 2.45) is 5.14 Å². The van der Waals surface area contributed by atoms with Crippen LogP contribution in [0.15, 0.2) is 53.4 Å². The monoisotopic (exact) mass is 388 g/mol. The zero-order chi connectivity index (χ0) is 19.4. The van der Waals surface area contributed by atoms with Gasteiger partial charge in [-0.05, 0) is 42.3 Å². The molecule has 3 N–H and O–H groups in total. The lowest BCUT2D eigenvalue weighted by Gasteiger charge is -2.35. The highest BCUT2D eigenvalue weighted by Gasteiger charge is 2.21. The average Bonchev–Trinajstić information content (AvgIpc) is 2.64. The fourth-order valence-corrected chi connectivity index (χ4v) is 3.58. The van der Waals surface area contributed by atoms with Gasteiger partial charge >= 0.3 is 6.03 Å². The molecule has 0 atom stereocenters. The molecule has 0 spiro atoms. The molecular weight excluding hydrogens is 364 g/mol. The summed E-state index contributed by atoms with van der Waals surface area (Å²) in [5.41, 5.74) is 3.13. The number of benzene rings is 2. The molecule has 144 valence electrons. The van der Waals surface area contributed by atoms with Crippen LogP contribution in [0.4, 0.5) is 10.5 Å². The molecule has 1 aliphatic heterocycles. The van der Waals surface area contributed by atoms with E-state index in [0.717, 1.165) is 19.6 Å². The molecule has 27 heavy (non-hydrogen) atoms. The van der Waals surface area contributed by atoms with Crippen molar-refractivity contribution in [1.29, 1.82) is 0 Å². The Morgan fingerprint density at radius 1 is 1.04 bits per heavy atom. The fourth-order valence-electron chi connectivity index (χ4n) is 3.07. The summed E-state index contributed by atoms with van der Waals surface area (Å²) in [4.78, 5) is 16.5. The van der Waals surface area contributed by atoms with Crippen molar-refractivity contribution in [3.63, 3.8) is 0 Å². The molecule has 2 aromatic carbocycles. The van der Waals surface area contributed by atoms with Crippen LogP contribution in [0.3, 0.4) is 0 Å². The molecule has 2 amide bonds. The molecule has 0 bridgehead atoms. The maximum absolute atomic E-state index is 12.4. The van der Waals surface area contributed by atoms with Crippen LogP contribution < -0.4 is 10.5 Å². The lowest BCUT2D eigenvalue weighted by atomic mass is 10.1. The quantitative estimate of drug-likeness (QED) is 0.837. The molecule has 0 saturated carbocycles. The maximum atomic E-state index is 12.4. The Kier molecular flexibility index (Phi) is 5.79. The molecule has 0 unspecified atom stereocenters. The van der Waals surface area contributed by atoms with Crippen molar-refractivity contribution >= 4 is 21.7 Å². The lowest BCUT2D eigenvalue weighted by molar-refractivity contribution is 0.143. The number of hydrogen-bond acceptors (Lipinski definition) is 4. The second kappa shape index (κ2) is 8.08. The molecule has 0 radical (unpaired) electrons. The van der Waals surface area contributed by atoms with Crippen LogP contribution in [0.2, 0.25) is 0 Å². The molecule has 1 heterocycles. The first kappa shape index (κ1) is 19.3. The molecule has 3 rings (SSSR count). The zero-order valence-electron chi connectivity index (χ0n) is 15.3. The number of nitrogens with two attached hydrogens (primary N) is 1. The zero-order valence-corrected chi connectivity index (χ0v) is 16.1. The van der Waals surface area contributed by atoms with Crippen molar-refractivity contribution < 1.29 is 13.2 Å². The first-order chi connectivity index (χ1) is 12.8. The van der Waals surface area contributed by atoms with Crippen LogP contribution >= 0.6 is 0 Å². The Morgan fingerprint density at radius 2 is 1.67 bits per heavy atom. The van der Waals surface area contributed by atoms with Crippen LogP contribution in [0.1, 0.15) is 11.1 Å². The van der Waals surface area contributed by atoms with Gasteiger partial charge in [-0.1, -0.05) is 24.3 Å². The second-order valence-corrected chi connectivity index (χ2v) is 8.25. The van der Waals surface area contributed by atoms with E-state index < -0.39 is 10.0 Å². The summed E-state index contributed by atoms with van der Waals surface area (Å²) in [5, 5.41) is 7.87. The highest BCUT2D eigenvalue weighted by atomic mass is 32.2. The summed E-state index contributed by atoms with van der Waals surface area (Å²) in [6, 6.07) is 14.0. The maximum Gasteiger partial charge on any atom is 0.321 e. The minimum absolute atomic E-state index is 0.0188. The Labute approximate surface area is 159 Å². The highest BCUT2D eigenvalue weighted by molar-refractivity contribution is 7.89. The molecular formula is C19H24N4O3S. The van der Waals surface area contributed by atoms with E-state index in [4.69, 9.17) is 5.14 Å². The van der Waals surface area contributed by atoms with Gasteiger partial charge in [0.2, 0.25) is 10.0 Å². The predicted octanol–water partition coefficient (Wildman–Crippen LogP) is 1.99. The van der Waals surface area contributed by atoms with Gasteiger partial charge in [0.05, 0.1) is 4.90 Å². The van der Waals surface area contributed by atoms with Gasteiger partial charge in [0.25, 0.3) is 0 Å². The van der Waals surface area contributed by atoms with Gasteiger partial charge in [-0.3, -0.25) is 4.90 Å². The van der Waals surface area contributed by atoms with Gasteiger partial charge in [-0.25, -0.2) is 18.4 Å². The fraction of sp³-hybridized carbons (Fsp3) is 0.316. The van der Waals surface area contributed by atoms with Crippen molar-refractivity contribution in [3.05, 3.63) is 59.7 Å². The highest BCUT2D eigenvalue weighted by Crippen LogP contribution is 2.15. The normalized spacial score (nSPS) is 15.6. The second-order valence-electron chi connectivity index (χ2n) is 6.69. The van der Waals surface area contributed by atoms with Crippen molar-refractivity contribution in [2.75, 3.05) is 31.5 Å². The molecule has 1 aliphatic rings. The number of amides is 2. The topological polar surface area (TPSA) is 95.7 Å². The number of carbonyl (C=O) groups excluding carboxylic acids is 1. The molecule has 8 heteroatoms. The average molecular weight is 388 g/mol. The minimum atomic E-state index is -3.73. The molecule has 2 aromatic rings. The SMILES string of the molecule is Cc1ccccc1CN1CCN(C(=O)Nc2ccc(S(N)(=O)=O)cc2)CC1. The number of sulfonamides is 1. The summed E-state index contributed by atoms with van der Waals surface area (Å²) in [6.07, 6.45) is 0. The number of nitrogens with one attached hydrogen (secondary N) is 1. The van der Waals surface area contributed by atoms with Gasteiger partial charge in [0, 0.05) is 38.4 Å². The number of rotatable bonds is 4. The van der Waals surface area contributed by atoms with Crippen molar-refractivity contribution in [1.82, 2.24) is 9.80 Å². The third kappa shape index (κ3) is 5.06. The summed E-state index contributed by atoms with van der Waals surface area (Å²) >= 11 is 0. The number of piperazine rings is 1. The minimum Gasteiger partial charge on any atom is -0.322 e. The summed E-state index contributed by atoms with van der Waals surface area (Å²) in [5.74, 6) is 0. The van der Waals surface area contributed by atoms with Crippen molar-refractivity contribution in [2.45, 2.75) is 18.4 Å². The third-order valence-corrected chi connectivity index (χ3v) is 5.68. The lowest BCUT2D eigenvalue weighted by Crippen LogP contribution is -2.49. The standard InChI is InChI=1S/C19H24N4O3S/c1-15-4-2-3-5-16(15)14-22-10-12-23(13-11-22)19(24)21-17-6-8-18(9-7-17)27(20,25)26/h2-9H,10-14H2,1H3,(H,21,24)(H2,20,25,26). The number of hydrogen-bond donors (Lipinski definition) is 2. The third-order valence-electron chi connectivity index (χ3n) is 4.75. The van der Waals surface area contributed by atoms with E-state index in [9.17, 15) is 13.2 Å². The molecule has 0 aromatic heterocycles. The Hall–Kier alpha value is -2.42. The Morgan fingerprint density at radius 3 is 2.26 bits per heavy atom. The van der Waals surface area contributed by atoms with Crippen LogP contribution in [-0.4, -0.2) is 50.4 Å². The van der Waals surface area contributed by atoms with Crippen molar-refractivity contribution in [3.8, 4) is 0 Å². The smallest absolute Gasteiger partial charge is 0.321 e. The van der Waals surface area contributed by atoms with E-state index in [1.807, 2.05) is 12.1 Å². The van der Waals surface area contributed by atoms with E-state index >= 15 is 0 Å². The van der Waals surface area contributed by atoms with Crippen LogP contribution in [0.25, 0.3) is 0 Å². The summed E-state index contributed by atoms with van der Waals surface area (Å²) < 4.78 is 22.5. The Bertz CT molecular complexity index is 905. The van der Waals surface area contributed by atoms with E-state index in [-0.39, 0.29) is 10.9 Å². The number of carbonyl (C=O) groups is 1. The summed E-state index contributed by atoms with van der Waals surface area (Å²) in [7, 11) is -3.73. The largest absolute Gasteiger partial charge is 0.322 e. The number of primary sulfonamides is 1. The number of urea groups is 1. The van der Waals surface area contributed by atoms with E-state index in [0.29, 0.717) is 18.8 Å². The molecule has 1 fully saturated rings. The van der Waals surface area contributed by atoms with E-state index in [1.165, 1.54) is 35.4 Å². The van der Waals surface area contributed by atoms with Crippen LogP contribution in [-0.2, 0) is 16.6 Å². The molecule has 1 saturated heterocycles. The van der Waals surface area contributed by atoms with Gasteiger partial charge in [-0.15, -0.1) is 0 Å². The van der Waals surface area contributed by atoms with Crippen LogP contribution in [0.5, 0.6) is 0 Å². The Balaban J connectivity index is 1.52. The van der Waals surface area contributed by atoms with Gasteiger partial charge < -0.3 is 10.2 Å².